The predicted octanol–water partition coefficient (Wildman–Crippen LogP) is 2.79. The maximum Gasteiger partial charge on any atom is 0.223 e. The van der Waals surface area contributed by atoms with Gasteiger partial charge in [0.05, 0.1) is 0 Å². The standard InChI is InChI=1S/C15H30N2O/c1-4-17(14-7-5-6-8-14)15(18)10-13(11-16)9-12(2)3/h12-14H,4-11,16H2,1-3H3/t13-/m0/s1. The fourth-order valence-electron chi connectivity index (χ4n) is 3.15. The molecule has 1 amide bonds. The zero-order valence-corrected chi connectivity index (χ0v) is 12.3. The van der Waals surface area contributed by atoms with Crippen LogP contribution in [-0.2, 0) is 4.79 Å². The molecule has 3 nitrogen and oxygen atoms in total. The summed E-state index contributed by atoms with van der Waals surface area (Å²) in [7, 11) is 0. The molecule has 0 aromatic rings. The van der Waals surface area contributed by atoms with Crippen LogP contribution in [0.4, 0.5) is 0 Å². The third kappa shape index (κ3) is 4.60. The summed E-state index contributed by atoms with van der Waals surface area (Å²) < 4.78 is 0. The highest BCUT2D eigenvalue weighted by molar-refractivity contribution is 5.76. The Hall–Kier alpha value is -0.570. The first-order valence-electron chi connectivity index (χ1n) is 7.58. The van der Waals surface area contributed by atoms with E-state index < -0.39 is 0 Å². The lowest BCUT2D eigenvalue weighted by atomic mass is 9.93. The summed E-state index contributed by atoms with van der Waals surface area (Å²) in [6.07, 6.45) is 6.64. The Balaban J connectivity index is 2.49. The van der Waals surface area contributed by atoms with E-state index in [0.29, 0.717) is 36.8 Å². The van der Waals surface area contributed by atoms with E-state index in [9.17, 15) is 4.79 Å². The van der Waals surface area contributed by atoms with Gasteiger partial charge in [0.25, 0.3) is 0 Å². The van der Waals surface area contributed by atoms with Crippen LogP contribution in [0.15, 0.2) is 0 Å². The normalized spacial score (nSPS) is 18.3. The second kappa shape index (κ2) is 7.78. The monoisotopic (exact) mass is 254 g/mol. The highest BCUT2D eigenvalue weighted by Crippen LogP contribution is 2.25. The molecule has 0 aromatic carbocycles. The molecule has 2 N–H and O–H groups in total. The van der Waals surface area contributed by atoms with Crippen LogP contribution in [0.3, 0.4) is 0 Å². The molecule has 0 aromatic heterocycles. The molecule has 0 aliphatic heterocycles. The van der Waals surface area contributed by atoms with Crippen molar-refractivity contribution in [2.45, 2.75) is 65.3 Å². The fourth-order valence-corrected chi connectivity index (χ4v) is 3.15. The summed E-state index contributed by atoms with van der Waals surface area (Å²) >= 11 is 0. The number of carbonyl (C=O) groups is 1. The van der Waals surface area contributed by atoms with E-state index in [0.717, 1.165) is 13.0 Å². The van der Waals surface area contributed by atoms with Gasteiger partial charge in [0.2, 0.25) is 5.91 Å². The molecule has 1 fully saturated rings. The summed E-state index contributed by atoms with van der Waals surface area (Å²) in [4.78, 5) is 14.5. The summed E-state index contributed by atoms with van der Waals surface area (Å²) in [5.41, 5.74) is 5.79. The predicted molar refractivity (Wildman–Crippen MR) is 76.3 cm³/mol. The van der Waals surface area contributed by atoms with Crippen molar-refractivity contribution in [3.63, 3.8) is 0 Å². The summed E-state index contributed by atoms with van der Waals surface area (Å²) in [6, 6.07) is 0.500. The smallest absolute Gasteiger partial charge is 0.223 e. The van der Waals surface area contributed by atoms with Crippen molar-refractivity contribution >= 4 is 5.91 Å². The van der Waals surface area contributed by atoms with Crippen LogP contribution < -0.4 is 5.73 Å². The molecule has 3 heteroatoms. The Morgan fingerprint density at radius 2 is 1.94 bits per heavy atom. The van der Waals surface area contributed by atoms with Crippen molar-refractivity contribution in [2.24, 2.45) is 17.6 Å². The van der Waals surface area contributed by atoms with Gasteiger partial charge in [-0.05, 0) is 44.6 Å². The first-order chi connectivity index (χ1) is 8.58. The van der Waals surface area contributed by atoms with E-state index in [1.165, 1.54) is 25.7 Å². The van der Waals surface area contributed by atoms with E-state index in [1.807, 2.05) is 0 Å². The molecule has 0 radical (unpaired) electrons. The van der Waals surface area contributed by atoms with Crippen LogP contribution >= 0.6 is 0 Å². The van der Waals surface area contributed by atoms with Crippen molar-refractivity contribution in [1.82, 2.24) is 4.90 Å². The lowest BCUT2D eigenvalue weighted by molar-refractivity contribution is -0.134. The zero-order chi connectivity index (χ0) is 13.5. The summed E-state index contributed by atoms with van der Waals surface area (Å²) in [5.74, 6) is 1.29. The zero-order valence-electron chi connectivity index (χ0n) is 12.3. The number of carbonyl (C=O) groups excluding carboxylic acids is 1. The van der Waals surface area contributed by atoms with Gasteiger partial charge in [0.15, 0.2) is 0 Å². The molecule has 0 saturated heterocycles. The van der Waals surface area contributed by atoms with E-state index in [1.54, 1.807) is 0 Å². The minimum absolute atomic E-state index is 0.320. The molecule has 1 aliphatic carbocycles. The molecule has 0 unspecified atom stereocenters. The number of nitrogens with zero attached hydrogens (tertiary/aromatic N) is 1. The average molecular weight is 254 g/mol. The number of hydrogen-bond donors (Lipinski definition) is 1. The van der Waals surface area contributed by atoms with Gasteiger partial charge in [-0.15, -0.1) is 0 Å². The molecule has 1 rings (SSSR count). The first-order valence-corrected chi connectivity index (χ1v) is 7.58. The maximum atomic E-state index is 12.4. The van der Waals surface area contributed by atoms with Gasteiger partial charge in [-0.2, -0.15) is 0 Å². The quantitative estimate of drug-likeness (QED) is 0.759. The van der Waals surface area contributed by atoms with Gasteiger partial charge in [0.1, 0.15) is 0 Å². The molecule has 0 spiro atoms. The van der Waals surface area contributed by atoms with Gasteiger partial charge in [-0.1, -0.05) is 26.7 Å². The van der Waals surface area contributed by atoms with Gasteiger partial charge in [0, 0.05) is 19.0 Å². The van der Waals surface area contributed by atoms with E-state index in [4.69, 9.17) is 5.73 Å². The molecule has 0 bridgehead atoms. The van der Waals surface area contributed by atoms with E-state index in [2.05, 4.69) is 25.7 Å². The maximum absolute atomic E-state index is 12.4. The third-order valence-electron chi connectivity index (χ3n) is 4.03. The van der Waals surface area contributed by atoms with Gasteiger partial charge >= 0.3 is 0 Å². The Bertz CT molecular complexity index is 247. The van der Waals surface area contributed by atoms with Crippen LogP contribution in [0, 0.1) is 11.8 Å². The Kier molecular flexibility index (Phi) is 6.69. The fraction of sp³-hybridized carbons (Fsp3) is 0.933. The van der Waals surface area contributed by atoms with Crippen molar-refractivity contribution in [2.75, 3.05) is 13.1 Å². The van der Waals surface area contributed by atoms with E-state index >= 15 is 0 Å². The second-order valence-electron chi connectivity index (χ2n) is 6.05. The molecular formula is C15H30N2O. The highest BCUT2D eigenvalue weighted by atomic mass is 16.2. The molecule has 106 valence electrons. The Morgan fingerprint density at radius 3 is 2.39 bits per heavy atom. The SMILES string of the molecule is CCN(C(=O)C[C@@H](CN)CC(C)C)C1CCCC1. The van der Waals surface area contributed by atoms with Crippen molar-refractivity contribution < 1.29 is 4.79 Å². The molecular weight excluding hydrogens is 224 g/mol. The minimum Gasteiger partial charge on any atom is -0.340 e. The lowest BCUT2D eigenvalue weighted by Gasteiger charge is -2.29. The number of rotatable bonds is 7. The van der Waals surface area contributed by atoms with Gasteiger partial charge in [-0.25, -0.2) is 0 Å². The Labute approximate surface area is 112 Å². The third-order valence-corrected chi connectivity index (χ3v) is 4.03. The van der Waals surface area contributed by atoms with Gasteiger partial charge < -0.3 is 10.6 Å². The van der Waals surface area contributed by atoms with E-state index in [-0.39, 0.29) is 0 Å². The van der Waals surface area contributed by atoms with Crippen LogP contribution in [-0.4, -0.2) is 29.9 Å². The minimum atomic E-state index is 0.320. The first kappa shape index (κ1) is 15.5. The van der Waals surface area contributed by atoms with Crippen LogP contribution in [0.1, 0.15) is 59.3 Å². The molecule has 1 saturated carbocycles. The summed E-state index contributed by atoms with van der Waals surface area (Å²) in [6.45, 7) is 7.97. The largest absolute Gasteiger partial charge is 0.340 e. The average Bonchev–Trinajstić information content (AvgIpc) is 2.82. The lowest BCUT2D eigenvalue weighted by Crippen LogP contribution is -2.40. The van der Waals surface area contributed by atoms with Crippen molar-refractivity contribution in [3.8, 4) is 0 Å². The van der Waals surface area contributed by atoms with Crippen LogP contribution in [0.2, 0.25) is 0 Å². The second-order valence-corrected chi connectivity index (χ2v) is 6.05. The number of hydrogen-bond acceptors (Lipinski definition) is 2. The molecule has 0 heterocycles. The Morgan fingerprint density at radius 1 is 1.33 bits per heavy atom. The van der Waals surface area contributed by atoms with Crippen LogP contribution in [0.25, 0.3) is 0 Å². The van der Waals surface area contributed by atoms with Crippen molar-refractivity contribution in [3.05, 3.63) is 0 Å². The van der Waals surface area contributed by atoms with Crippen LogP contribution in [0.5, 0.6) is 0 Å². The number of amides is 1. The van der Waals surface area contributed by atoms with Gasteiger partial charge in [-0.3, -0.25) is 4.79 Å². The van der Waals surface area contributed by atoms with Crippen molar-refractivity contribution in [1.29, 1.82) is 0 Å². The number of nitrogens with two attached hydrogens (primary N) is 1. The molecule has 1 atom stereocenters. The summed E-state index contributed by atoms with van der Waals surface area (Å²) in [5, 5.41) is 0. The topological polar surface area (TPSA) is 46.3 Å². The molecule has 18 heavy (non-hydrogen) atoms. The molecule has 1 aliphatic rings. The highest BCUT2D eigenvalue weighted by Gasteiger charge is 2.26.